The fourth-order valence-corrected chi connectivity index (χ4v) is 3.82. The molecule has 0 spiro atoms. The van der Waals surface area contributed by atoms with Crippen molar-refractivity contribution in [2.24, 2.45) is 5.92 Å². The number of aromatic nitrogens is 1. The number of aryl methyl sites for hydroxylation is 1. The highest BCUT2D eigenvalue weighted by atomic mass is 19.1. The van der Waals surface area contributed by atoms with Crippen LogP contribution in [0.25, 0.3) is 10.9 Å². The third-order valence-electron chi connectivity index (χ3n) is 5.30. The maximum absolute atomic E-state index is 13.9. The molecule has 0 amide bonds. The van der Waals surface area contributed by atoms with Crippen molar-refractivity contribution in [1.29, 1.82) is 0 Å². The number of halogens is 1. The van der Waals surface area contributed by atoms with Gasteiger partial charge in [0.05, 0.1) is 18.2 Å². The lowest BCUT2D eigenvalue weighted by Gasteiger charge is -2.24. The van der Waals surface area contributed by atoms with Gasteiger partial charge in [0.15, 0.2) is 11.6 Å². The van der Waals surface area contributed by atoms with Crippen LogP contribution in [0.5, 0.6) is 5.75 Å². The first-order chi connectivity index (χ1) is 13.6. The first kappa shape index (κ1) is 18.4. The zero-order chi connectivity index (χ0) is 19.7. The van der Waals surface area contributed by atoms with Gasteiger partial charge < -0.3 is 9.47 Å². The van der Waals surface area contributed by atoms with Gasteiger partial charge in [-0.15, -0.1) is 0 Å². The number of para-hydroxylation sites is 1. The summed E-state index contributed by atoms with van der Waals surface area (Å²) in [6.07, 6.45) is 2.75. The molecule has 0 radical (unpaired) electrons. The molecule has 2 aromatic carbocycles. The summed E-state index contributed by atoms with van der Waals surface area (Å²) in [5.74, 6) is -0.201. The van der Waals surface area contributed by atoms with E-state index in [1.807, 2.05) is 24.3 Å². The van der Waals surface area contributed by atoms with E-state index in [2.05, 4.69) is 6.92 Å². The number of fused-ring (bicyclic) bond motifs is 2. The summed E-state index contributed by atoms with van der Waals surface area (Å²) in [4.78, 5) is 17.8. The Morgan fingerprint density at radius 2 is 2.07 bits per heavy atom. The lowest BCUT2D eigenvalue weighted by atomic mass is 9.84. The van der Waals surface area contributed by atoms with Crippen LogP contribution in [0.4, 0.5) is 4.39 Å². The van der Waals surface area contributed by atoms with Crippen molar-refractivity contribution in [3.05, 3.63) is 70.7 Å². The number of hydrogen-bond donors (Lipinski definition) is 0. The smallest absolute Gasteiger partial charge is 0.339 e. The van der Waals surface area contributed by atoms with Gasteiger partial charge in [0, 0.05) is 11.1 Å². The average Bonchev–Trinajstić information content (AvgIpc) is 2.70. The highest BCUT2D eigenvalue weighted by molar-refractivity contribution is 6.05. The lowest BCUT2D eigenvalue weighted by Crippen LogP contribution is -2.19. The number of methoxy groups -OCH3 is 1. The Labute approximate surface area is 163 Å². The van der Waals surface area contributed by atoms with Crippen molar-refractivity contribution in [3.63, 3.8) is 0 Å². The third-order valence-corrected chi connectivity index (χ3v) is 5.30. The van der Waals surface area contributed by atoms with Crippen LogP contribution in [0.1, 0.15) is 40.5 Å². The molecule has 5 heteroatoms. The predicted molar refractivity (Wildman–Crippen MR) is 105 cm³/mol. The van der Waals surface area contributed by atoms with Gasteiger partial charge in [0.25, 0.3) is 0 Å². The minimum Gasteiger partial charge on any atom is -0.494 e. The zero-order valence-electron chi connectivity index (χ0n) is 16.0. The van der Waals surface area contributed by atoms with Crippen LogP contribution >= 0.6 is 0 Å². The second-order valence-corrected chi connectivity index (χ2v) is 7.32. The Morgan fingerprint density at radius 3 is 2.86 bits per heavy atom. The molecule has 0 N–H and O–H groups in total. The van der Waals surface area contributed by atoms with Crippen LogP contribution in [-0.2, 0) is 24.2 Å². The number of pyridine rings is 1. The van der Waals surface area contributed by atoms with Crippen molar-refractivity contribution in [2.45, 2.75) is 32.8 Å². The molecule has 1 aliphatic carbocycles. The second kappa shape index (κ2) is 7.58. The van der Waals surface area contributed by atoms with Gasteiger partial charge in [-0.25, -0.2) is 9.18 Å². The van der Waals surface area contributed by atoms with Crippen LogP contribution < -0.4 is 4.74 Å². The van der Waals surface area contributed by atoms with E-state index in [-0.39, 0.29) is 18.3 Å². The largest absolute Gasteiger partial charge is 0.494 e. The molecule has 3 aromatic rings. The fourth-order valence-electron chi connectivity index (χ4n) is 3.82. The summed E-state index contributed by atoms with van der Waals surface area (Å²) in [6.45, 7) is 2.19. The topological polar surface area (TPSA) is 48.4 Å². The number of benzene rings is 2. The standard InChI is InChI=1S/C23H22FNO3/c1-14-7-9-20-17(11-14)22(16-5-3-4-6-19(16)25-20)23(26)28-13-15-8-10-21(27-2)18(24)12-15/h3-6,8,10,12,14H,7,9,11,13H2,1-2H3/t14-/m0/s1. The molecular weight excluding hydrogens is 357 g/mol. The van der Waals surface area contributed by atoms with Gasteiger partial charge >= 0.3 is 5.97 Å². The quantitative estimate of drug-likeness (QED) is 0.607. The molecule has 4 nitrogen and oxygen atoms in total. The summed E-state index contributed by atoms with van der Waals surface area (Å²) < 4.78 is 24.4. The lowest BCUT2D eigenvalue weighted by molar-refractivity contribution is 0.0472. The minimum absolute atomic E-state index is 0.000719. The normalized spacial score (nSPS) is 15.9. The highest BCUT2D eigenvalue weighted by Gasteiger charge is 2.26. The minimum atomic E-state index is -0.475. The first-order valence-corrected chi connectivity index (χ1v) is 9.47. The van der Waals surface area contributed by atoms with Crippen molar-refractivity contribution < 1.29 is 18.7 Å². The van der Waals surface area contributed by atoms with E-state index in [1.165, 1.54) is 19.2 Å². The number of rotatable bonds is 4. The number of carbonyl (C=O) groups excluding carboxylic acids is 1. The van der Waals surface area contributed by atoms with Crippen molar-refractivity contribution in [3.8, 4) is 5.75 Å². The van der Waals surface area contributed by atoms with E-state index in [0.717, 1.165) is 41.4 Å². The van der Waals surface area contributed by atoms with Crippen LogP contribution in [-0.4, -0.2) is 18.1 Å². The summed E-state index contributed by atoms with van der Waals surface area (Å²) >= 11 is 0. The molecule has 1 atom stereocenters. The summed E-state index contributed by atoms with van der Waals surface area (Å²) in [6, 6.07) is 12.2. The van der Waals surface area contributed by atoms with Gasteiger partial charge in [0.1, 0.15) is 6.61 Å². The van der Waals surface area contributed by atoms with Gasteiger partial charge in [-0.05, 0) is 54.5 Å². The van der Waals surface area contributed by atoms with E-state index in [4.69, 9.17) is 14.5 Å². The van der Waals surface area contributed by atoms with E-state index < -0.39 is 5.82 Å². The zero-order valence-corrected chi connectivity index (χ0v) is 16.0. The van der Waals surface area contributed by atoms with Crippen LogP contribution in [0.3, 0.4) is 0 Å². The van der Waals surface area contributed by atoms with E-state index >= 15 is 0 Å². The Bertz CT molecular complexity index is 1050. The molecule has 0 fully saturated rings. The molecule has 0 unspecified atom stereocenters. The van der Waals surface area contributed by atoms with Crippen molar-refractivity contribution in [2.75, 3.05) is 7.11 Å². The molecule has 144 valence electrons. The molecule has 1 heterocycles. The van der Waals surface area contributed by atoms with Crippen LogP contribution in [0.2, 0.25) is 0 Å². The summed E-state index contributed by atoms with van der Waals surface area (Å²) in [7, 11) is 1.41. The number of hydrogen-bond acceptors (Lipinski definition) is 4. The molecule has 1 aliphatic rings. The maximum Gasteiger partial charge on any atom is 0.339 e. The van der Waals surface area contributed by atoms with E-state index in [0.29, 0.717) is 17.0 Å². The predicted octanol–water partition coefficient (Wildman–Crippen LogP) is 4.86. The average molecular weight is 379 g/mol. The van der Waals surface area contributed by atoms with Crippen molar-refractivity contribution in [1.82, 2.24) is 4.98 Å². The highest BCUT2D eigenvalue weighted by Crippen LogP contribution is 2.32. The Morgan fingerprint density at radius 1 is 1.25 bits per heavy atom. The second-order valence-electron chi connectivity index (χ2n) is 7.32. The summed E-state index contributed by atoms with van der Waals surface area (Å²) in [5, 5.41) is 0.807. The molecule has 0 saturated carbocycles. The van der Waals surface area contributed by atoms with Crippen LogP contribution in [0, 0.1) is 11.7 Å². The Hall–Kier alpha value is -2.95. The number of carbonyl (C=O) groups is 1. The monoisotopic (exact) mass is 379 g/mol. The third kappa shape index (κ3) is 3.44. The number of ether oxygens (including phenoxy) is 2. The van der Waals surface area contributed by atoms with E-state index in [9.17, 15) is 9.18 Å². The Balaban J connectivity index is 1.67. The molecule has 0 bridgehead atoms. The number of esters is 1. The van der Waals surface area contributed by atoms with Crippen LogP contribution in [0.15, 0.2) is 42.5 Å². The molecule has 28 heavy (non-hydrogen) atoms. The SMILES string of the molecule is COc1ccc(COC(=O)c2c3c(nc4ccccc24)CC[C@H](C)C3)cc1F. The Kier molecular flexibility index (Phi) is 4.99. The van der Waals surface area contributed by atoms with Gasteiger partial charge in [-0.3, -0.25) is 4.98 Å². The number of nitrogens with zero attached hydrogens (tertiary/aromatic N) is 1. The molecule has 0 aliphatic heterocycles. The van der Waals surface area contributed by atoms with Gasteiger partial charge in [-0.2, -0.15) is 0 Å². The molecular formula is C23H22FNO3. The fraction of sp³-hybridized carbons (Fsp3) is 0.304. The summed E-state index contributed by atoms with van der Waals surface area (Å²) in [5.41, 5.74) is 3.95. The van der Waals surface area contributed by atoms with E-state index in [1.54, 1.807) is 6.07 Å². The van der Waals surface area contributed by atoms with Gasteiger partial charge in [-0.1, -0.05) is 31.2 Å². The molecule has 1 aromatic heterocycles. The molecule has 0 saturated heterocycles. The maximum atomic E-state index is 13.9. The van der Waals surface area contributed by atoms with Crippen molar-refractivity contribution >= 4 is 16.9 Å². The van der Waals surface area contributed by atoms with Gasteiger partial charge in [0.2, 0.25) is 0 Å². The first-order valence-electron chi connectivity index (χ1n) is 9.47. The molecule has 4 rings (SSSR count).